The molecule has 6 heteroatoms. The van der Waals surface area contributed by atoms with Crippen molar-refractivity contribution < 1.29 is 9.72 Å². The molecule has 1 saturated carbocycles. The summed E-state index contributed by atoms with van der Waals surface area (Å²) in [6.07, 6.45) is 7.50. The Kier molecular flexibility index (Phi) is 4.25. The Balaban J connectivity index is 2.29. The summed E-state index contributed by atoms with van der Waals surface area (Å²) in [7, 11) is 3.61. The lowest BCUT2D eigenvalue weighted by molar-refractivity contribution is -0.428. The van der Waals surface area contributed by atoms with Crippen molar-refractivity contribution >= 4 is 12.2 Å². The molecule has 0 radical (unpaired) electrons. The van der Waals surface area contributed by atoms with Gasteiger partial charge in [0.15, 0.2) is 0 Å². The second-order valence-corrected chi connectivity index (χ2v) is 6.20. The maximum absolute atomic E-state index is 12.5. The van der Waals surface area contributed by atoms with Crippen LogP contribution in [0.1, 0.15) is 32.6 Å². The van der Waals surface area contributed by atoms with E-state index in [1.165, 1.54) is 6.34 Å². The molecule has 0 spiro atoms. The van der Waals surface area contributed by atoms with Gasteiger partial charge in [0.1, 0.15) is 0 Å². The molecule has 0 saturated heterocycles. The number of hydrogen-bond donors (Lipinski definition) is 0. The minimum Gasteiger partial charge on any atom is -0.369 e. The van der Waals surface area contributed by atoms with Crippen molar-refractivity contribution in [3.05, 3.63) is 33.5 Å². The summed E-state index contributed by atoms with van der Waals surface area (Å²) in [5.41, 5.74) is 0.309. The third kappa shape index (κ3) is 3.04. The quantitative estimate of drug-likeness (QED) is 0.345. The van der Waals surface area contributed by atoms with Crippen LogP contribution in [0.2, 0.25) is 0 Å². The molecule has 0 atom stereocenters. The fourth-order valence-corrected chi connectivity index (χ4v) is 3.12. The molecule has 114 valence electrons. The topological polar surface area (TPSA) is 75.8 Å². The minimum absolute atomic E-state index is 0.191. The van der Waals surface area contributed by atoms with Crippen LogP contribution in [0.25, 0.3) is 0 Å². The maximum atomic E-state index is 12.5. The molecule has 6 nitrogen and oxygen atoms in total. The Labute approximate surface area is 124 Å². The smallest absolute Gasteiger partial charge is 0.257 e. The standard InChI is InChI=1S/C15H21N3O3/c1-11-8-15(9-11,14(19)16-10-17(2)3)12-5-4-6-13(7-12)18(20)21/h5,7,10-11H,4,6,8-9H2,1-3H3. The van der Waals surface area contributed by atoms with Gasteiger partial charge >= 0.3 is 0 Å². The van der Waals surface area contributed by atoms with E-state index in [0.717, 1.165) is 5.57 Å². The van der Waals surface area contributed by atoms with Gasteiger partial charge in [-0.3, -0.25) is 14.9 Å². The van der Waals surface area contributed by atoms with Gasteiger partial charge in [0, 0.05) is 26.6 Å². The zero-order valence-electron chi connectivity index (χ0n) is 12.7. The number of rotatable bonds is 4. The van der Waals surface area contributed by atoms with Crippen LogP contribution in [0.5, 0.6) is 0 Å². The van der Waals surface area contributed by atoms with Crippen molar-refractivity contribution in [2.45, 2.75) is 32.6 Å². The molecule has 0 aliphatic heterocycles. The highest BCUT2D eigenvalue weighted by molar-refractivity contribution is 5.93. The Morgan fingerprint density at radius 3 is 2.71 bits per heavy atom. The molecule has 0 N–H and O–H groups in total. The molecular weight excluding hydrogens is 270 g/mol. The second-order valence-electron chi connectivity index (χ2n) is 6.20. The van der Waals surface area contributed by atoms with Crippen LogP contribution >= 0.6 is 0 Å². The van der Waals surface area contributed by atoms with Crippen LogP contribution < -0.4 is 0 Å². The molecule has 21 heavy (non-hydrogen) atoms. The number of hydrogen-bond acceptors (Lipinski definition) is 3. The van der Waals surface area contributed by atoms with E-state index in [4.69, 9.17) is 0 Å². The summed E-state index contributed by atoms with van der Waals surface area (Å²) < 4.78 is 0. The third-order valence-corrected chi connectivity index (χ3v) is 4.08. The van der Waals surface area contributed by atoms with Crippen LogP contribution in [-0.2, 0) is 4.79 Å². The molecule has 0 bridgehead atoms. The average molecular weight is 291 g/mol. The molecule has 2 aliphatic carbocycles. The summed E-state index contributed by atoms with van der Waals surface area (Å²) in [6.45, 7) is 2.09. The Morgan fingerprint density at radius 1 is 1.52 bits per heavy atom. The van der Waals surface area contributed by atoms with Gasteiger partial charge in [-0.25, -0.2) is 4.99 Å². The van der Waals surface area contributed by atoms with Crippen molar-refractivity contribution in [3.63, 3.8) is 0 Å². The summed E-state index contributed by atoms with van der Waals surface area (Å²) in [6, 6.07) is 0. The van der Waals surface area contributed by atoms with Crippen LogP contribution in [0.3, 0.4) is 0 Å². The fraction of sp³-hybridized carbons (Fsp3) is 0.600. The molecule has 0 heterocycles. The van der Waals surface area contributed by atoms with Crippen molar-refractivity contribution in [3.8, 4) is 0 Å². The largest absolute Gasteiger partial charge is 0.369 e. The first-order valence-corrected chi connectivity index (χ1v) is 7.16. The fourth-order valence-electron chi connectivity index (χ4n) is 3.12. The van der Waals surface area contributed by atoms with E-state index in [1.807, 2.05) is 6.08 Å². The molecule has 0 aromatic carbocycles. The van der Waals surface area contributed by atoms with Crippen LogP contribution in [0.4, 0.5) is 0 Å². The van der Waals surface area contributed by atoms with E-state index < -0.39 is 5.41 Å². The number of allylic oxidation sites excluding steroid dienone is 3. The lowest BCUT2D eigenvalue weighted by atomic mass is 9.57. The molecule has 0 unspecified atom stereocenters. The number of carbonyl (C=O) groups is 1. The first kappa shape index (κ1) is 15.4. The van der Waals surface area contributed by atoms with E-state index in [9.17, 15) is 14.9 Å². The summed E-state index contributed by atoms with van der Waals surface area (Å²) in [5.74, 6) is 0.250. The SMILES string of the molecule is CC1CC(C(=O)N=CN(C)C)(C2=CCCC([N+](=O)[O-])=C2)C1. The normalized spacial score (nSPS) is 28.6. The van der Waals surface area contributed by atoms with Gasteiger partial charge in [-0.1, -0.05) is 13.0 Å². The number of carbonyl (C=O) groups excluding carboxylic acids is 1. The Bertz CT molecular complexity index is 540. The molecular formula is C15H21N3O3. The Morgan fingerprint density at radius 2 is 2.19 bits per heavy atom. The van der Waals surface area contributed by atoms with E-state index >= 15 is 0 Å². The Hall–Kier alpha value is -1.98. The average Bonchev–Trinajstić information content (AvgIpc) is 2.41. The molecule has 1 fully saturated rings. The minimum atomic E-state index is -0.659. The summed E-state index contributed by atoms with van der Waals surface area (Å²) in [5, 5.41) is 11.0. The molecule has 2 rings (SSSR count). The number of nitro groups is 1. The molecule has 0 aromatic heterocycles. The first-order chi connectivity index (χ1) is 9.85. The van der Waals surface area contributed by atoms with Crippen molar-refractivity contribution in [1.82, 2.24) is 4.90 Å². The van der Waals surface area contributed by atoms with Gasteiger partial charge in [-0.2, -0.15) is 0 Å². The molecule has 0 aromatic rings. The molecule has 1 amide bonds. The van der Waals surface area contributed by atoms with Crippen LogP contribution in [0.15, 0.2) is 28.4 Å². The van der Waals surface area contributed by atoms with Crippen molar-refractivity contribution in [2.24, 2.45) is 16.3 Å². The van der Waals surface area contributed by atoms with Gasteiger partial charge < -0.3 is 4.90 Å². The number of amides is 1. The van der Waals surface area contributed by atoms with Gasteiger partial charge in [0.2, 0.25) is 5.70 Å². The molecule has 2 aliphatic rings. The predicted octanol–water partition coefficient (Wildman–Crippen LogP) is 2.40. The summed E-state index contributed by atoms with van der Waals surface area (Å²) >= 11 is 0. The highest BCUT2D eigenvalue weighted by Gasteiger charge is 2.51. The lowest BCUT2D eigenvalue weighted by Gasteiger charge is -2.45. The third-order valence-electron chi connectivity index (χ3n) is 4.08. The van der Waals surface area contributed by atoms with Crippen molar-refractivity contribution in [2.75, 3.05) is 14.1 Å². The number of nitrogens with zero attached hydrogens (tertiary/aromatic N) is 3. The van der Waals surface area contributed by atoms with E-state index in [-0.39, 0.29) is 16.5 Å². The number of aliphatic imine (C=N–C) groups is 1. The van der Waals surface area contributed by atoms with Gasteiger partial charge in [-0.15, -0.1) is 0 Å². The highest BCUT2D eigenvalue weighted by Crippen LogP contribution is 2.53. The van der Waals surface area contributed by atoms with Gasteiger partial charge in [0.05, 0.1) is 16.7 Å². The first-order valence-electron chi connectivity index (χ1n) is 7.16. The maximum Gasteiger partial charge on any atom is 0.257 e. The van der Waals surface area contributed by atoms with E-state index in [1.54, 1.807) is 25.1 Å². The lowest BCUT2D eigenvalue weighted by Crippen LogP contribution is -2.44. The zero-order valence-corrected chi connectivity index (χ0v) is 12.7. The predicted molar refractivity (Wildman–Crippen MR) is 80.4 cm³/mol. The second kappa shape index (κ2) is 5.79. The van der Waals surface area contributed by atoms with Crippen LogP contribution in [-0.4, -0.2) is 36.2 Å². The van der Waals surface area contributed by atoms with Gasteiger partial charge in [-0.05, 0) is 30.8 Å². The van der Waals surface area contributed by atoms with Crippen molar-refractivity contribution in [1.29, 1.82) is 0 Å². The van der Waals surface area contributed by atoms with Crippen LogP contribution in [0, 0.1) is 21.4 Å². The monoisotopic (exact) mass is 291 g/mol. The van der Waals surface area contributed by atoms with Gasteiger partial charge in [0.25, 0.3) is 5.91 Å². The highest BCUT2D eigenvalue weighted by atomic mass is 16.6. The summed E-state index contributed by atoms with van der Waals surface area (Å²) in [4.78, 5) is 28.9. The van der Waals surface area contributed by atoms with E-state index in [0.29, 0.717) is 31.6 Å². The van der Waals surface area contributed by atoms with E-state index in [2.05, 4.69) is 11.9 Å². The zero-order chi connectivity index (χ0) is 15.6.